The lowest BCUT2D eigenvalue weighted by atomic mass is 10.2. The number of carboxylic acid groups (broad SMARTS) is 1. The van der Waals surface area contributed by atoms with Gasteiger partial charge >= 0.3 is 5.97 Å². The van der Waals surface area contributed by atoms with Gasteiger partial charge in [-0.15, -0.1) is 0 Å². The van der Waals surface area contributed by atoms with E-state index in [0.717, 1.165) is 44.1 Å². The van der Waals surface area contributed by atoms with Crippen molar-refractivity contribution in [3.63, 3.8) is 0 Å². The lowest BCUT2D eigenvalue weighted by Gasteiger charge is -1.88. The first-order chi connectivity index (χ1) is 12.2. The van der Waals surface area contributed by atoms with Gasteiger partial charge in [-0.05, 0) is 51.0 Å². The van der Waals surface area contributed by atoms with Crippen LogP contribution in [0.25, 0.3) is 0 Å². The van der Waals surface area contributed by atoms with Crippen molar-refractivity contribution in [1.29, 1.82) is 0 Å². The molecule has 136 valence electrons. The van der Waals surface area contributed by atoms with E-state index in [-0.39, 0.29) is 0 Å². The Morgan fingerprint density at radius 3 is 1.84 bits per heavy atom. The molecule has 0 unspecified atom stereocenters. The van der Waals surface area contributed by atoms with Crippen LogP contribution in [0.5, 0.6) is 0 Å². The number of carbonyl (C=O) groups is 1. The predicted octanol–water partition coefficient (Wildman–Crippen LogP) is 6.72. The van der Waals surface area contributed by atoms with Crippen molar-refractivity contribution in [1.82, 2.24) is 0 Å². The summed E-state index contributed by atoms with van der Waals surface area (Å²) >= 11 is 0. The average molecular weight is 341 g/mol. The summed E-state index contributed by atoms with van der Waals surface area (Å²) in [5.74, 6) is -0.912. The maximum atomic E-state index is 10.4. The molecule has 0 saturated carbocycles. The lowest BCUT2D eigenvalue weighted by Crippen LogP contribution is -1.87. The monoisotopic (exact) mass is 340 g/mol. The molecule has 0 amide bonds. The van der Waals surface area contributed by atoms with Gasteiger partial charge in [-0.1, -0.05) is 79.8 Å². The van der Waals surface area contributed by atoms with Crippen LogP contribution in [0.15, 0.2) is 84.6 Å². The van der Waals surface area contributed by atoms with Gasteiger partial charge in [0.15, 0.2) is 0 Å². The number of allylic oxidation sites excluding steroid dienone is 13. The van der Waals surface area contributed by atoms with E-state index in [2.05, 4.69) is 61.6 Å². The molecule has 2 nitrogen and oxygen atoms in total. The molecule has 0 aliphatic rings. The molecule has 0 spiro atoms. The van der Waals surface area contributed by atoms with Gasteiger partial charge < -0.3 is 5.11 Å². The molecule has 0 saturated heterocycles. The number of aliphatic carboxylic acids is 1. The first kappa shape index (κ1) is 22.6. The highest BCUT2D eigenvalue weighted by atomic mass is 16.4. The molecule has 0 aliphatic heterocycles. The Kier molecular flexibility index (Phi) is 16.3. The third-order valence-corrected chi connectivity index (χ3v) is 3.18. The zero-order valence-electron chi connectivity index (χ0n) is 15.6. The molecule has 0 aromatic rings. The summed E-state index contributed by atoms with van der Waals surface area (Å²) in [5.41, 5.74) is 0.733. The molecule has 0 radical (unpaired) electrons. The highest BCUT2D eigenvalue weighted by Gasteiger charge is 1.87. The fourth-order valence-corrected chi connectivity index (χ4v) is 1.92. The van der Waals surface area contributed by atoms with Crippen molar-refractivity contribution in [2.75, 3.05) is 0 Å². The molecular weight excluding hydrogens is 308 g/mol. The van der Waals surface area contributed by atoms with E-state index in [1.54, 1.807) is 13.0 Å². The van der Waals surface area contributed by atoms with Crippen LogP contribution in [-0.4, -0.2) is 11.1 Å². The molecular formula is C23H32O2. The minimum atomic E-state index is -0.912. The second kappa shape index (κ2) is 18.0. The van der Waals surface area contributed by atoms with Gasteiger partial charge in [0.1, 0.15) is 0 Å². The van der Waals surface area contributed by atoms with E-state index < -0.39 is 5.97 Å². The van der Waals surface area contributed by atoms with Crippen molar-refractivity contribution in [2.45, 2.75) is 52.4 Å². The first-order valence-corrected chi connectivity index (χ1v) is 9.01. The molecule has 2 heteroatoms. The van der Waals surface area contributed by atoms with Crippen molar-refractivity contribution in [3.05, 3.63) is 84.6 Å². The van der Waals surface area contributed by atoms with Crippen LogP contribution < -0.4 is 0 Å². The SMILES string of the molecule is CCC=CCC=CCC=CCC=CCC/C=C/C=C/C(C)=C/C(=O)O. The van der Waals surface area contributed by atoms with Gasteiger partial charge in [-0.2, -0.15) is 0 Å². The molecule has 0 aromatic heterocycles. The number of unbranched alkanes of at least 4 members (excludes halogenated alkanes) is 1. The molecule has 0 heterocycles. The summed E-state index contributed by atoms with van der Waals surface area (Å²) < 4.78 is 0. The smallest absolute Gasteiger partial charge is 0.328 e. The summed E-state index contributed by atoms with van der Waals surface area (Å²) in [7, 11) is 0. The van der Waals surface area contributed by atoms with Gasteiger partial charge in [0.25, 0.3) is 0 Å². The third-order valence-electron chi connectivity index (χ3n) is 3.18. The minimum Gasteiger partial charge on any atom is -0.478 e. The van der Waals surface area contributed by atoms with Crippen molar-refractivity contribution in [3.8, 4) is 0 Å². The average Bonchev–Trinajstić information content (AvgIpc) is 2.57. The number of hydrogen-bond acceptors (Lipinski definition) is 1. The Morgan fingerprint density at radius 2 is 1.28 bits per heavy atom. The van der Waals surface area contributed by atoms with Crippen molar-refractivity contribution in [2.24, 2.45) is 0 Å². The van der Waals surface area contributed by atoms with Crippen LogP contribution in [0, 0.1) is 0 Å². The number of hydrogen-bond donors (Lipinski definition) is 1. The van der Waals surface area contributed by atoms with E-state index >= 15 is 0 Å². The molecule has 0 bridgehead atoms. The van der Waals surface area contributed by atoms with E-state index in [0.29, 0.717) is 0 Å². The van der Waals surface area contributed by atoms with E-state index in [9.17, 15) is 4.79 Å². The fraction of sp³-hybridized carbons (Fsp3) is 0.348. The molecule has 0 fully saturated rings. The minimum absolute atomic E-state index is 0.733. The summed E-state index contributed by atoms with van der Waals surface area (Å²) in [6.45, 7) is 3.92. The first-order valence-electron chi connectivity index (χ1n) is 9.01. The zero-order valence-corrected chi connectivity index (χ0v) is 15.6. The van der Waals surface area contributed by atoms with Crippen molar-refractivity contribution < 1.29 is 9.90 Å². The number of carboxylic acids is 1. The topological polar surface area (TPSA) is 37.3 Å². The largest absolute Gasteiger partial charge is 0.478 e. The van der Waals surface area contributed by atoms with Gasteiger partial charge in [0.05, 0.1) is 0 Å². The van der Waals surface area contributed by atoms with Gasteiger partial charge in [0.2, 0.25) is 0 Å². The van der Waals surface area contributed by atoms with Crippen LogP contribution in [-0.2, 0) is 4.79 Å². The fourth-order valence-electron chi connectivity index (χ4n) is 1.92. The summed E-state index contributed by atoms with van der Waals surface area (Å²) in [5, 5.41) is 8.58. The normalized spacial score (nSPS) is 13.8. The lowest BCUT2D eigenvalue weighted by molar-refractivity contribution is -0.131. The molecule has 0 rings (SSSR count). The maximum Gasteiger partial charge on any atom is 0.328 e. The van der Waals surface area contributed by atoms with Crippen LogP contribution in [0.2, 0.25) is 0 Å². The Bertz CT molecular complexity index is 540. The molecule has 1 N–H and O–H groups in total. The van der Waals surface area contributed by atoms with E-state index in [1.807, 2.05) is 12.2 Å². The molecule has 0 aromatic carbocycles. The highest BCUT2D eigenvalue weighted by Crippen LogP contribution is 1.99. The maximum absolute atomic E-state index is 10.4. The standard InChI is InChI=1S/C23H32O2/c1-3-4-5-6-7-8-9-10-11-12-13-14-15-16-17-18-19-20-22(2)21-23(24)25/h4-5,7-8,10-11,13-14,17-21H,3,6,9,12,15-16H2,1-2H3,(H,24,25)/b5-4?,8-7?,11-10?,14-13?,18-17+,20-19+,22-21+. The quantitative estimate of drug-likeness (QED) is 0.175. The Hall–Kier alpha value is -2.35. The summed E-state index contributed by atoms with van der Waals surface area (Å²) in [6.07, 6.45) is 32.6. The summed E-state index contributed by atoms with van der Waals surface area (Å²) in [6, 6.07) is 0. The van der Waals surface area contributed by atoms with E-state index in [4.69, 9.17) is 5.11 Å². The van der Waals surface area contributed by atoms with Crippen molar-refractivity contribution >= 4 is 5.97 Å². The van der Waals surface area contributed by atoms with Crippen LogP contribution in [0.4, 0.5) is 0 Å². The number of rotatable bonds is 13. The van der Waals surface area contributed by atoms with Crippen LogP contribution >= 0.6 is 0 Å². The molecule has 25 heavy (non-hydrogen) atoms. The second-order valence-electron chi connectivity index (χ2n) is 5.59. The van der Waals surface area contributed by atoms with Crippen LogP contribution in [0.3, 0.4) is 0 Å². The van der Waals surface area contributed by atoms with E-state index in [1.165, 1.54) is 6.08 Å². The Morgan fingerprint density at radius 1 is 0.760 bits per heavy atom. The zero-order chi connectivity index (χ0) is 18.6. The predicted molar refractivity (Wildman–Crippen MR) is 110 cm³/mol. The Labute approximate surface area is 153 Å². The van der Waals surface area contributed by atoms with Crippen LogP contribution in [0.1, 0.15) is 52.4 Å². The third kappa shape index (κ3) is 19.6. The molecule has 0 aliphatic carbocycles. The van der Waals surface area contributed by atoms with Gasteiger partial charge in [-0.3, -0.25) is 0 Å². The second-order valence-corrected chi connectivity index (χ2v) is 5.59. The highest BCUT2D eigenvalue weighted by molar-refractivity contribution is 5.81. The Balaban J connectivity index is 3.68. The van der Waals surface area contributed by atoms with Gasteiger partial charge in [0, 0.05) is 6.08 Å². The van der Waals surface area contributed by atoms with Gasteiger partial charge in [-0.25, -0.2) is 4.79 Å². The summed E-state index contributed by atoms with van der Waals surface area (Å²) in [4.78, 5) is 10.4. The molecule has 0 atom stereocenters.